The van der Waals surface area contributed by atoms with E-state index in [1.165, 1.54) is 18.2 Å². The zero-order valence-electron chi connectivity index (χ0n) is 17.4. The topological polar surface area (TPSA) is 158 Å². The predicted octanol–water partition coefficient (Wildman–Crippen LogP) is 2.78. The van der Waals surface area contributed by atoms with E-state index in [1.807, 2.05) is 0 Å². The maximum atomic E-state index is 13.0. The van der Waals surface area contributed by atoms with E-state index in [1.54, 1.807) is 26.8 Å². The first-order valence-corrected chi connectivity index (χ1v) is 10.5. The molecule has 0 aromatic heterocycles. The van der Waals surface area contributed by atoms with Crippen LogP contribution in [0.5, 0.6) is 0 Å². The zero-order valence-corrected chi connectivity index (χ0v) is 18.2. The molecule has 1 aliphatic heterocycles. The van der Waals surface area contributed by atoms with Gasteiger partial charge in [0, 0.05) is 29.5 Å². The number of ether oxygens (including phenoxy) is 2. The summed E-state index contributed by atoms with van der Waals surface area (Å²) in [5.74, 6) is -3.06. The molecule has 0 bridgehead atoms. The highest BCUT2D eigenvalue weighted by molar-refractivity contribution is 8.13. The smallest absolute Gasteiger partial charge is 0.336 e. The fraction of sp³-hybridized carbons (Fsp3) is 0.400. The Hall–Kier alpha value is -3.21. The van der Waals surface area contributed by atoms with Gasteiger partial charge < -0.3 is 15.2 Å². The predicted molar refractivity (Wildman–Crippen MR) is 117 cm³/mol. The first-order chi connectivity index (χ1) is 14.7. The number of nitro benzene ring substituents is 1. The minimum absolute atomic E-state index is 0.0872. The van der Waals surface area contributed by atoms with Crippen molar-refractivity contribution < 1.29 is 24.0 Å². The second-order valence-electron chi connectivity index (χ2n) is 6.55. The lowest BCUT2D eigenvalue weighted by molar-refractivity contribution is -0.384. The fourth-order valence-electron chi connectivity index (χ4n) is 3.37. The van der Waals surface area contributed by atoms with E-state index in [0.717, 1.165) is 11.8 Å². The Balaban J connectivity index is 2.74. The first kappa shape index (κ1) is 24.1. The number of nitrogens with two attached hydrogens (primary N) is 1. The van der Waals surface area contributed by atoms with Crippen LogP contribution in [-0.2, 0) is 19.1 Å². The Kier molecular flexibility index (Phi) is 8.31. The third kappa shape index (κ3) is 5.69. The van der Waals surface area contributed by atoms with Gasteiger partial charge in [0.05, 0.1) is 29.4 Å². The largest absolute Gasteiger partial charge is 0.465 e. The monoisotopic (exact) mass is 448 g/mol. The molecule has 1 aromatic carbocycles. The molecule has 2 unspecified atom stereocenters. The zero-order chi connectivity index (χ0) is 23.1. The van der Waals surface area contributed by atoms with Crippen LogP contribution < -0.4 is 5.73 Å². The molecule has 1 heterocycles. The fourth-order valence-corrected chi connectivity index (χ4v) is 3.88. The van der Waals surface area contributed by atoms with Gasteiger partial charge in [-0.15, -0.1) is 0 Å². The van der Waals surface area contributed by atoms with Gasteiger partial charge in [0.15, 0.2) is 5.17 Å². The van der Waals surface area contributed by atoms with E-state index in [2.05, 4.69) is 4.99 Å². The van der Waals surface area contributed by atoms with Crippen LogP contribution in [0.25, 0.3) is 0 Å². The summed E-state index contributed by atoms with van der Waals surface area (Å²) in [5, 5.41) is 18.6. The molecule has 0 radical (unpaired) electrons. The van der Waals surface area contributed by atoms with Crippen molar-refractivity contribution in [1.29, 1.82) is 5.41 Å². The van der Waals surface area contributed by atoms with E-state index >= 15 is 0 Å². The SMILES string of the molecule is CCOC(=O)C1=C(CSC(=N)N)N=C(C)C(C(=O)OCC)C1c1cccc([N+](=O)[O-])c1. The summed E-state index contributed by atoms with van der Waals surface area (Å²) < 4.78 is 10.4. The number of nitrogens with one attached hydrogen (secondary N) is 1. The average molecular weight is 449 g/mol. The van der Waals surface area contributed by atoms with Gasteiger partial charge in [0.1, 0.15) is 5.92 Å². The molecule has 2 rings (SSSR count). The summed E-state index contributed by atoms with van der Waals surface area (Å²) in [5.41, 5.74) is 6.44. The second kappa shape index (κ2) is 10.7. The van der Waals surface area contributed by atoms with Crippen molar-refractivity contribution in [2.24, 2.45) is 16.6 Å². The molecule has 0 saturated heterocycles. The Morgan fingerprint density at radius 2 is 1.97 bits per heavy atom. The minimum Gasteiger partial charge on any atom is -0.465 e. The van der Waals surface area contributed by atoms with E-state index < -0.39 is 28.7 Å². The standard InChI is InChI=1S/C20H24N4O6S/c1-4-29-18(25)15-11(3)23-14(10-31-20(21)22)17(19(26)30-5-2)16(15)12-7-6-8-13(9-12)24(27)28/h6-9,15-16H,4-5,10H2,1-3H3,(H3,21,22). The highest BCUT2D eigenvalue weighted by Gasteiger charge is 2.43. The highest BCUT2D eigenvalue weighted by Crippen LogP contribution is 2.41. The van der Waals surface area contributed by atoms with E-state index in [-0.39, 0.29) is 35.4 Å². The quantitative estimate of drug-likeness (QED) is 0.202. The van der Waals surface area contributed by atoms with Crippen LogP contribution in [0.4, 0.5) is 5.69 Å². The van der Waals surface area contributed by atoms with Crippen molar-refractivity contribution >= 4 is 40.3 Å². The second-order valence-corrected chi connectivity index (χ2v) is 7.56. The molecule has 3 N–H and O–H groups in total. The van der Waals surface area contributed by atoms with Gasteiger partial charge in [0.25, 0.3) is 5.69 Å². The maximum Gasteiger partial charge on any atom is 0.336 e. The van der Waals surface area contributed by atoms with Crippen LogP contribution in [0.15, 0.2) is 40.5 Å². The number of benzene rings is 1. The summed E-state index contributed by atoms with van der Waals surface area (Å²) in [6.45, 7) is 5.14. The van der Waals surface area contributed by atoms with Crippen molar-refractivity contribution in [3.63, 3.8) is 0 Å². The van der Waals surface area contributed by atoms with Gasteiger partial charge >= 0.3 is 11.9 Å². The number of nitrogens with zero attached hydrogens (tertiary/aromatic N) is 2. The molecule has 0 spiro atoms. The van der Waals surface area contributed by atoms with Crippen LogP contribution in [0, 0.1) is 21.4 Å². The Morgan fingerprint density at radius 3 is 2.55 bits per heavy atom. The molecule has 11 heteroatoms. The van der Waals surface area contributed by atoms with Gasteiger partial charge in [0.2, 0.25) is 0 Å². The van der Waals surface area contributed by atoms with Crippen molar-refractivity contribution in [2.75, 3.05) is 19.0 Å². The minimum atomic E-state index is -0.965. The van der Waals surface area contributed by atoms with E-state index in [9.17, 15) is 19.7 Å². The van der Waals surface area contributed by atoms with Crippen molar-refractivity contribution in [2.45, 2.75) is 26.7 Å². The highest BCUT2D eigenvalue weighted by atomic mass is 32.2. The summed E-state index contributed by atoms with van der Waals surface area (Å²) in [6, 6.07) is 5.75. The van der Waals surface area contributed by atoms with Gasteiger partial charge in [-0.1, -0.05) is 23.9 Å². The Labute approximate surface area is 183 Å². The molecule has 10 nitrogen and oxygen atoms in total. The summed E-state index contributed by atoms with van der Waals surface area (Å²) in [4.78, 5) is 41.0. The van der Waals surface area contributed by atoms with Crippen LogP contribution in [0.3, 0.4) is 0 Å². The van der Waals surface area contributed by atoms with Crippen LogP contribution in [0.1, 0.15) is 32.3 Å². The molecule has 2 atom stereocenters. The van der Waals surface area contributed by atoms with Crippen molar-refractivity contribution in [1.82, 2.24) is 0 Å². The molecular formula is C20H24N4O6S. The normalized spacial score (nSPS) is 18.2. The molecule has 31 heavy (non-hydrogen) atoms. The lowest BCUT2D eigenvalue weighted by atomic mass is 9.75. The van der Waals surface area contributed by atoms with Crippen molar-refractivity contribution in [3.8, 4) is 0 Å². The molecule has 0 amide bonds. The maximum absolute atomic E-state index is 13.0. The summed E-state index contributed by atoms with van der Waals surface area (Å²) >= 11 is 0.968. The number of hydrogen-bond donors (Lipinski definition) is 2. The van der Waals surface area contributed by atoms with E-state index in [4.69, 9.17) is 20.6 Å². The molecule has 1 aromatic rings. The molecular weight excluding hydrogens is 424 g/mol. The molecule has 0 aliphatic carbocycles. The van der Waals surface area contributed by atoms with Crippen LogP contribution in [0.2, 0.25) is 0 Å². The average Bonchev–Trinajstić information content (AvgIpc) is 2.71. The summed E-state index contributed by atoms with van der Waals surface area (Å²) in [6.07, 6.45) is 0. The third-order valence-corrected chi connectivity index (χ3v) is 5.29. The van der Waals surface area contributed by atoms with Crippen LogP contribution >= 0.6 is 11.8 Å². The first-order valence-electron chi connectivity index (χ1n) is 9.54. The number of carbonyl (C=O) groups is 2. The number of hydrogen-bond acceptors (Lipinski definition) is 9. The van der Waals surface area contributed by atoms with Gasteiger partial charge in [-0.3, -0.25) is 25.3 Å². The number of thioether (sulfide) groups is 1. The van der Waals surface area contributed by atoms with E-state index in [0.29, 0.717) is 17.0 Å². The number of amidine groups is 1. The van der Waals surface area contributed by atoms with Gasteiger partial charge in [-0.2, -0.15) is 0 Å². The molecule has 166 valence electrons. The number of aliphatic imine (C=N–C) groups is 1. The van der Waals surface area contributed by atoms with Gasteiger partial charge in [-0.05, 0) is 26.3 Å². The number of esters is 2. The molecule has 0 saturated carbocycles. The molecule has 0 fully saturated rings. The third-order valence-electron chi connectivity index (χ3n) is 4.56. The van der Waals surface area contributed by atoms with Gasteiger partial charge in [-0.25, -0.2) is 4.79 Å². The number of non-ortho nitro benzene ring substituents is 1. The Morgan fingerprint density at radius 1 is 1.29 bits per heavy atom. The lowest BCUT2D eigenvalue weighted by Gasteiger charge is -2.32. The number of nitro groups is 1. The lowest BCUT2D eigenvalue weighted by Crippen LogP contribution is -2.37. The van der Waals surface area contributed by atoms with Crippen molar-refractivity contribution in [3.05, 3.63) is 51.2 Å². The Bertz CT molecular complexity index is 959. The number of rotatable bonds is 8. The molecule has 1 aliphatic rings. The number of carbonyl (C=O) groups excluding carboxylic acids is 2. The summed E-state index contributed by atoms with van der Waals surface area (Å²) in [7, 11) is 0. The van der Waals surface area contributed by atoms with Crippen LogP contribution in [-0.4, -0.2) is 46.7 Å².